The number of aromatic nitrogens is 1. The molecule has 1 aliphatic heterocycles. The van der Waals surface area contributed by atoms with Crippen LogP contribution in [0.3, 0.4) is 0 Å². The van der Waals surface area contributed by atoms with E-state index >= 15 is 0 Å². The summed E-state index contributed by atoms with van der Waals surface area (Å²) < 4.78 is 0. The number of hydrazine groups is 1. The standard InChI is InChI=1S/C12H19N5O/c1-17-5-4-9(8-17)6-15-12(18)11-3-2-10(16-13)7-14-11/h2-3,7,9,16H,4-6,8,13H2,1H3,(H,15,18). The molecule has 0 bridgehead atoms. The molecule has 0 radical (unpaired) electrons. The molecule has 1 aromatic rings. The lowest BCUT2D eigenvalue weighted by atomic mass is 10.1. The molecule has 1 fully saturated rings. The summed E-state index contributed by atoms with van der Waals surface area (Å²) in [7, 11) is 2.10. The maximum Gasteiger partial charge on any atom is 0.269 e. The van der Waals surface area contributed by atoms with Crippen LogP contribution >= 0.6 is 0 Å². The molecule has 1 atom stereocenters. The summed E-state index contributed by atoms with van der Waals surface area (Å²) in [4.78, 5) is 18.2. The molecule has 1 aliphatic rings. The Bertz CT molecular complexity index is 405. The van der Waals surface area contributed by atoms with Crippen molar-refractivity contribution in [3.05, 3.63) is 24.0 Å². The van der Waals surface area contributed by atoms with Gasteiger partial charge in [0.05, 0.1) is 11.9 Å². The van der Waals surface area contributed by atoms with Gasteiger partial charge in [-0.2, -0.15) is 0 Å². The zero-order valence-corrected chi connectivity index (χ0v) is 10.5. The molecule has 2 rings (SSSR count). The van der Waals surface area contributed by atoms with Gasteiger partial charge in [-0.1, -0.05) is 0 Å². The van der Waals surface area contributed by atoms with E-state index in [1.54, 1.807) is 12.1 Å². The van der Waals surface area contributed by atoms with E-state index < -0.39 is 0 Å². The number of amides is 1. The van der Waals surface area contributed by atoms with Crippen LogP contribution in [-0.4, -0.2) is 42.5 Å². The molecule has 4 N–H and O–H groups in total. The number of carbonyl (C=O) groups is 1. The van der Waals surface area contributed by atoms with Crippen molar-refractivity contribution in [2.45, 2.75) is 6.42 Å². The highest BCUT2D eigenvalue weighted by molar-refractivity contribution is 5.92. The van der Waals surface area contributed by atoms with Crippen LogP contribution in [0.25, 0.3) is 0 Å². The number of nitrogen functional groups attached to an aromatic ring is 1. The maximum absolute atomic E-state index is 11.8. The highest BCUT2D eigenvalue weighted by Gasteiger charge is 2.20. The van der Waals surface area contributed by atoms with E-state index in [1.807, 2.05) is 0 Å². The van der Waals surface area contributed by atoms with Gasteiger partial charge < -0.3 is 15.6 Å². The van der Waals surface area contributed by atoms with Crippen LogP contribution in [0.15, 0.2) is 18.3 Å². The van der Waals surface area contributed by atoms with Gasteiger partial charge in [0.15, 0.2) is 0 Å². The number of hydrogen-bond acceptors (Lipinski definition) is 5. The van der Waals surface area contributed by atoms with E-state index in [0.29, 0.717) is 23.8 Å². The lowest BCUT2D eigenvalue weighted by Crippen LogP contribution is -2.31. The van der Waals surface area contributed by atoms with E-state index in [0.717, 1.165) is 19.5 Å². The Morgan fingerprint density at radius 3 is 3.00 bits per heavy atom. The van der Waals surface area contributed by atoms with Crippen molar-refractivity contribution in [2.24, 2.45) is 11.8 Å². The molecule has 0 spiro atoms. The summed E-state index contributed by atoms with van der Waals surface area (Å²) in [5.41, 5.74) is 3.58. The predicted molar refractivity (Wildman–Crippen MR) is 70.0 cm³/mol. The largest absolute Gasteiger partial charge is 0.350 e. The van der Waals surface area contributed by atoms with Crippen LogP contribution in [0.1, 0.15) is 16.9 Å². The summed E-state index contributed by atoms with van der Waals surface area (Å²) in [5.74, 6) is 5.65. The Balaban J connectivity index is 1.83. The molecule has 6 heteroatoms. The third kappa shape index (κ3) is 3.18. The summed E-state index contributed by atoms with van der Waals surface area (Å²) >= 11 is 0. The van der Waals surface area contributed by atoms with Crippen molar-refractivity contribution in [3.8, 4) is 0 Å². The highest BCUT2D eigenvalue weighted by Crippen LogP contribution is 2.13. The molecular formula is C12H19N5O. The monoisotopic (exact) mass is 249 g/mol. The van der Waals surface area contributed by atoms with Gasteiger partial charge in [-0.25, -0.2) is 4.98 Å². The Hall–Kier alpha value is -1.66. The van der Waals surface area contributed by atoms with Crippen LogP contribution in [0.5, 0.6) is 0 Å². The smallest absolute Gasteiger partial charge is 0.269 e. The van der Waals surface area contributed by atoms with E-state index in [1.165, 1.54) is 6.20 Å². The number of carbonyl (C=O) groups excluding carboxylic acids is 1. The number of nitrogens with two attached hydrogens (primary N) is 1. The highest BCUT2D eigenvalue weighted by atomic mass is 16.1. The van der Waals surface area contributed by atoms with Crippen molar-refractivity contribution < 1.29 is 4.79 Å². The first-order valence-electron chi connectivity index (χ1n) is 6.08. The van der Waals surface area contributed by atoms with Crippen LogP contribution in [-0.2, 0) is 0 Å². The molecule has 1 aromatic heterocycles. The second-order valence-electron chi connectivity index (χ2n) is 4.70. The topological polar surface area (TPSA) is 83.3 Å². The van der Waals surface area contributed by atoms with Crippen LogP contribution < -0.4 is 16.6 Å². The zero-order chi connectivity index (χ0) is 13.0. The molecule has 2 heterocycles. The number of hydrogen-bond donors (Lipinski definition) is 3. The Morgan fingerprint density at radius 1 is 1.61 bits per heavy atom. The number of likely N-dealkylation sites (tertiary alicyclic amines) is 1. The fourth-order valence-corrected chi connectivity index (χ4v) is 2.13. The van der Waals surface area contributed by atoms with Gasteiger partial charge in [-0.3, -0.25) is 10.6 Å². The summed E-state index contributed by atoms with van der Waals surface area (Å²) in [6.07, 6.45) is 2.68. The third-order valence-corrected chi connectivity index (χ3v) is 3.20. The molecule has 0 aliphatic carbocycles. The van der Waals surface area contributed by atoms with Crippen molar-refractivity contribution in [3.63, 3.8) is 0 Å². The maximum atomic E-state index is 11.8. The normalized spacial score (nSPS) is 19.8. The second kappa shape index (κ2) is 5.79. The van der Waals surface area contributed by atoms with Crippen LogP contribution in [0, 0.1) is 5.92 Å². The summed E-state index contributed by atoms with van der Waals surface area (Å²) in [6, 6.07) is 3.39. The molecular weight excluding hydrogens is 230 g/mol. The molecule has 0 aromatic carbocycles. The van der Waals surface area contributed by atoms with Gasteiger partial charge in [-0.15, -0.1) is 0 Å². The number of nitrogens with one attached hydrogen (secondary N) is 2. The molecule has 0 saturated carbocycles. The Labute approximate surface area is 107 Å². The van der Waals surface area contributed by atoms with Crippen molar-refractivity contribution >= 4 is 11.6 Å². The quantitative estimate of drug-likeness (QED) is 0.519. The zero-order valence-electron chi connectivity index (χ0n) is 10.5. The number of pyridine rings is 1. The van der Waals surface area contributed by atoms with Gasteiger partial charge in [0.2, 0.25) is 0 Å². The summed E-state index contributed by atoms with van der Waals surface area (Å²) in [5, 5.41) is 2.92. The first-order valence-corrected chi connectivity index (χ1v) is 6.08. The Kier molecular flexibility index (Phi) is 4.11. The van der Waals surface area contributed by atoms with E-state index in [9.17, 15) is 4.79 Å². The van der Waals surface area contributed by atoms with Crippen molar-refractivity contribution in [2.75, 3.05) is 32.1 Å². The van der Waals surface area contributed by atoms with E-state index in [2.05, 4.69) is 27.7 Å². The van der Waals surface area contributed by atoms with Gasteiger partial charge in [-0.05, 0) is 38.1 Å². The number of nitrogens with zero attached hydrogens (tertiary/aromatic N) is 2. The molecule has 1 unspecified atom stereocenters. The Morgan fingerprint density at radius 2 is 2.44 bits per heavy atom. The van der Waals surface area contributed by atoms with E-state index in [-0.39, 0.29) is 5.91 Å². The lowest BCUT2D eigenvalue weighted by Gasteiger charge is -2.11. The van der Waals surface area contributed by atoms with Crippen LogP contribution in [0.2, 0.25) is 0 Å². The SMILES string of the molecule is CN1CCC(CNC(=O)c2ccc(NN)cn2)C1. The third-order valence-electron chi connectivity index (χ3n) is 3.20. The fourth-order valence-electron chi connectivity index (χ4n) is 2.13. The molecule has 98 valence electrons. The van der Waals surface area contributed by atoms with Crippen molar-refractivity contribution in [1.82, 2.24) is 15.2 Å². The number of rotatable bonds is 4. The minimum absolute atomic E-state index is 0.131. The minimum Gasteiger partial charge on any atom is -0.350 e. The van der Waals surface area contributed by atoms with Crippen molar-refractivity contribution in [1.29, 1.82) is 0 Å². The molecule has 1 saturated heterocycles. The molecule has 6 nitrogen and oxygen atoms in total. The van der Waals surface area contributed by atoms with Crippen LogP contribution in [0.4, 0.5) is 5.69 Å². The fraction of sp³-hybridized carbons (Fsp3) is 0.500. The van der Waals surface area contributed by atoms with Gasteiger partial charge in [0, 0.05) is 13.1 Å². The van der Waals surface area contributed by atoms with E-state index in [4.69, 9.17) is 5.84 Å². The average molecular weight is 249 g/mol. The minimum atomic E-state index is -0.131. The lowest BCUT2D eigenvalue weighted by molar-refractivity contribution is 0.0942. The number of anilines is 1. The molecule has 1 amide bonds. The van der Waals surface area contributed by atoms with Gasteiger partial charge >= 0.3 is 0 Å². The van der Waals surface area contributed by atoms with Gasteiger partial charge in [0.1, 0.15) is 5.69 Å². The predicted octanol–water partition coefficient (Wildman–Crippen LogP) is 0.0487. The average Bonchev–Trinajstić information content (AvgIpc) is 2.82. The first-order chi connectivity index (χ1) is 8.69. The second-order valence-corrected chi connectivity index (χ2v) is 4.70. The van der Waals surface area contributed by atoms with Gasteiger partial charge in [0.25, 0.3) is 5.91 Å². The summed E-state index contributed by atoms with van der Waals surface area (Å²) in [6.45, 7) is 2.86. The first kappa shape index (κ1) is 12.8. The molecule has 18 heavy (non-hydrogen) atoms.